The summed E-state index contributed by atoms with van der Waals surface area (Å²) in [4.78, 5) is 0. The number of aromatic amines is 1. The van der Waals surface area contributed by atoms with Crippen LogP contribution in [0.5, 0.6) is 0 Å². The zero-order valence-corrected chi connectivity index (χ0v) is 9.70. The maximum Gasteiger partial charge on any atom is 0.147 e. The Bertz CT molecular complexity index is 359. The summed E-state index contributed by atoms with van der Waals surface area (Å²) in [6.45, 7) is 0. The molecule has 0 spiro atoms. The highest BCUT2D eigenvalue weighted by molar-refractivity contribution is 5.35. The van der Waals surface area contributed by atoms with E-state index in [-0.39, 0.29) is 0 Å². The second kappa shape index (κ2) is 4.09. The number of anilines is 1. The van der Waals surface area contributed by atoms with Gasteiger partial charge in [-0.15, -0.1) is 0 Å². The third-order valence-electron chi connectivity index (χ3n) is 3.59. The van der Waals surface area contributed by atoms with E-state index in [9.17, 15) is 0 Å². The summed E-state index contributed by atoms with van der Waals surface area (Å²) in [5.41, 5.74) is 1.26. The van der Waals surface area contributed by atoms with Crippen molar-refractivity contribution in [1.29, 1.82) is 0 Å². The number of nitrogens with one attached hydrogen (secondary N) is 2. The van der Waals surface area contributed by atoms with E-state index >= 15 is 0 Å². The van der Waals surface area contributed by atoms with Crippen LogP contribution in [-0.4, -0.2) is 29.5 Å². The molecule has 4 nitrogen and oxygen atoms in total. The molecular weight excluding hydrogens is 202 g/mol. The van der Waals surface area contributed by atoms with E-state index in [0.29, 0.717) is 18.1 Å². The highest BCUT2D eigenvalue weighted by Gasteiger charge is 2.32. The first-order valence-electron chi connectivity index (χ1n) is 6.23. The van der Waals surface area contributed by atoms with Gasteiger partial charge in [0.1, 0.15) is 5.82 Å². The van der Waals surface area contributed by atoms with Crippen LogP contribution in [0.25, 0.3) is 0 Å². The van der Waals surface area contributed by atoms with Gasteiger partial charge >= 0.3 is 0 Å². The smallest absolute Gasteiger partial charge is 0.147 e. The summed E-state index contributed by atoms with van der Waals surface area (Å²) in [7, 11) is 1.90. The van der Waals surface area contributed by atoms with Gasteiger partial charge in [0.2, 0.25) is 0 Å². The van der Waals surface area contributed by atoms with Crippen molar-refractivity contribution < 1.29 is 4.74 Å². The lowest BCUT2D eigenvalue weighted by molar-refractivity contribution is 0.0441. The Morgan fingerprint density at radius 1 is 1.31 bits per heavy atom. The summed E-state index contributed by atoms with van der Waals surface area (Å²) < 4.78 is 5.96. The zero-order valence-electron chi connectivity index (χ0n) is 9.70. The molecule has 0 saturated heterocycles. The number of ether oxygens (including phenoxy) is 1. The van der Waals surface area contributed by atoms with Gasteiger partial charge in [0, 0.05) is 24.7 Å². The van der Waals surface area contributed by atoms with Crippen molar-refractivity contribution in [2.45, 2.75) is 50.2 Å². The van der Waals surface area contributed by atoms with Crippen LogP contribution in [0, 0.1) is 0 Å². The molecule has 2 N–H and O–H groups in total. The Kier molecular flexibility index (Phi) is 2.59. The molecule has 2 atom stereocenters. The van der Waals surface area contributed by atoms with Crippen LogP contribution in [0.1, 0.15) is 43.7 Å². The summed E-state index contributed by atoms with van der Waals surface area (Å²) in [5, 5.41) is 10.4. The molecule has 2 aliphatic rings. The van der Waals surface area contributed by atoms with Crippen molar-refractivity contribution in [3.8, 4) is 0 Å². The molecular formula is C12H19N3O. The van der Waals surface area contributed by atoms with Crippen molar-refractivity contribution in [3.05, 3.63) is 11.8 Å². The molecule has 0 amide bonds. The van der Waals surface area contributed by atoms with Crippen LogP contribution in [0.3, 0.4) is 0 Å². The van der Waals surface area contributed by atoms with Crippen LogP contribution in [0.2, 0.25) is 0 Å². The van der Waals surface area contributed by atoms with Gasteiger partial charge in [0.15, 0.2) is 0 Å². The maximum atomic E-state index is 5.96. The quantitative estimate of drug-likeness (QED) is 0.820. The maximum absolute atomic E-state index is 5.96. The van der Waals surface area contributed by atoms with Gasteiger partial charge in [-0.25, -0.2) is 0 Å². The Balaban J connectivity index is 1.59. The molecule has 16 heavy (non-hydrogen) atoms. The van der Waals surface area contributed by atoms with Crippen molar-refractivity contribution in [3.63, 3.8) is 0 Å². The number of nitrogens with zero attached hydrogens (tertiary/aromatic N) is 1. The molecule has 0 aromatic carbocycles. The Hall–Kier alpha value is -1.03. The molecule has 2 unspecified atom stereocenters. The second-order valence-corrected chi connectivity index (χ2v) is 4.93. The predicted octanol–water partition coefficient (Wildman–Crippen LogP) is 2.27. The van der Waals surface area contributed by atoms with E-state index in [2.05, 4.69) is 21.6 Å². The van der Waals surface area contributed by atoms with E-state index in [1.165, 1.54) is 31.4 Å². The molecule has 0 radical (unpaired) electrons. The number of hydrogen-bond acceptors (Lipinski definition) is 3. The van der Waals surface area contributed by atoms with Gasteiger partial charge in [0.05, 0.1) is 12.2 Å². The van der Waals surface area contributed by atoms with Crippen LogP contribution < -0.4 is 5.32 Å². The van der Waals surface area contributed by atoms with E-state index in [1.807, 2.05) is 7.05 Å². The van der Waals surface area contributed by atoms with Gasteiger partial charge in [-0.05, 0) is 32.1 Å². The largest absolute Gasteiger partial charge is 0.375 e. The summed E-state index contributed by atoms with van der Waals surface area (Å²) >= 11 is 0. The lowest BCUT2D eigenvalue weighted by Crippen LogP contribution is -2.09. The molecule has 2 aliphatic carbocycles. The lowest BCUT2D eigenvalue weighted by Gasteiger charge is -2.10. The minimum Gasteiger partial charge on any atom is -0.375 e. The average Bonchev–Trinajstić information content (AvgIpc) is 2.83. The fourth-order valence-corrected chi connectivity index (χ4v) is 2.50. The number of rotatable bonds is 4. The fraction of sp³-hybridized carbons (Fsp3) is 0.750. The second-order valence-electron chi connectivity index (χ2n) is 4.93. The van der Waals surface area contributed by atoms with E-state index in [1.54, 1.807) is 0 Å². The summed E-state index contributed by atoms with van der Waals surface area (Å²) in [5.74, 6) is 1.54. The number of H-pyrrole nitrogens is 1. The van der Waals surface area contributed by atoms with Gasteiger partial charge in [-0.3, -0.25) is 5.10 Å². The minimum absolute atomic E-state index is 0.485. The molecule has 2 fully saturated rings. The molecule has 4 heteroatoms. The predicted molar refractivity (Wildman–Crippen MR) is 62.6 cm³/mol. The average molecular weight is 221 g/mol. The monoisotopic (exact) mass is 221 g/mol. The Labute approximate surface area is 95.8 Å². The van der Waals surface area contributed by atoms with E-state index < -0.39 is 0 Å². The van der Waals surface area contributed by atoms with Gasteiger partial charge in [-0.2, -0.15) is 5.10 Å². The van der Waals surface area contributed by atoms with Crippen molar-refractivity contribution in [2.75, 3.05) is 12.4 Å². The molecule has 1 aromatic heterocycles. The third kappa shape index (κ3) is 2.07. The number of aromatic nitrogens is 2. The summed E-state index contributed by atoms with van der Waals surface area (Å²) in [6.07, 6.45) is 7.20. The molecule has 1 heterocycles. The minimum atomic E-state index is 0.485. The van der Waals surface area contributed by atoms with Gasteiger partial charge < -0.3 is 10.1 Å². The fourth-order valence-electron chi connectivity index (χ4n) is 2.50. The molecule has 3 rings (SSSR count). The van der Waals surface area contributed by atoms with E-state index in [0.717, 1.165) is 12.2 Å². The van der Waals surface area contributed by atoms with Gasteiger partial charge in [0.25, 0.3) is 0 Å². The van der Waals surface area contributed by atoms with Crippen LogP contribution in [0.15, 0.2) is 6.07 Å². The van der Waals surface area contributed by atoms with E-state index in [4.69, 9.17) is 4.74 Å². The van der Waals surface area contributed by atoms with Crippen molar-refractivity contribution in [2.24, 2.45) is 0 Å². The third-order valence-corrected chi connectivity index (χ3v) is 3.59. The van der Waals surface area contributed by atoms with Gasteiger partial charge in [-0.1, -0.05) is 0 Å². The molecule has 88 valence electrons. The van der Waals surface area contributed by atoms with Crippen LogP contribution in [-0.2, 0) is 4.74 Å². The Morgan fingerprint density at radius 2 is 2.12 bits per heavy atom. The summed E-state index contributed by atoms with van der Waals surface area (Å²) in [6, 6.07) is 2.12. The highest BCUT2D eigenvalue weighted by Crippen LogP contribution is 2.38. The topological polar surface area (TPSA) is 49.9 Å². The molecule has 0 bridgehead atoms. The standard InChI is InChI=1S/C12H19N3O/c1-13-12-7-11(14-15-12)8-2-3-10(6-8)16-9-4-5-9/h7-10H,2-6H2,1H3,(H2,13,14,15). The van der Waals surface area contributed by atoms with Crippen molar-refractivity contribution >= 4 is 5.82 Å². The first-order valence-corrected chi connectivity index (χ1v) is 6.23. The lowest BCUT2D eigenvalue weighted by atomic mass is 10.0. The zero-order chi connectivity index (χ0) is 11.0. The van der Waals surface area contributed by atoms with Crippen LogP contribution in [0.4, 0.5) is 5.82 Å². The first kappa shape index (κ1) is 10.1. The van der Waals surface area contributed by atoms with Crippen LogP contribution >= 0.6 is 0 Å². The molecule has 1 aromatic rings. The first-order chi connectivity index (χ1) is 7.85. The molecule has 2 saturated carbocycles. The molecule has 0 aliphatic heterocycles. The SMILES string of the molecule is CNc1cc(C2CCC(OC3CC3)C2)[nH]n1. The Morgan fingerprint density at radius 3 is 2.81 bits per heavy atom. The highest BCUT2D eigenvalue weighted by atomic mass is 16.5. The van der Waals surface area contributed by atoms with Crippen molar-refractivity contribution in [1.82, 2.24) is 10.2 Å². The number of hydrogen-bond donors (Lipinski definition) is 2. The normalized spacial score (nSPS) is 29.6.